The monoisotopic (exact) mass is 248 g/mol. The number of hydrogen-bond acceptors (Lipinski definition) is 2. The fourth-order valence-corrected chi connectivity index (χ4v) is 2.07. The van der Waals surface area contributed by atoms with Gasteiger partial charge in [0.1, 0.15) is 6.10 Å². The van der Waals surface area contributed by atoms with E-state index in [1.165, 1.54) is 18.9 Å². The molecule has 0 amide bonds. The van der Waals surface area contributed by atoms with Crippen molar-refractivity contribution in [2.24, 2.45) is 5.92 Å². The number of rotatable bonds is 7. The second kappa shape index (κ2) is 7.91. The van der Waals surface area contributed by atoms with Crippen LogP contribution in [0.3, 0.4) is 0 Å². The number of benzene rings is 1. The summed E-state index contributed by atoms with van der Waals surface area (Å²) in [5.41, 5.74) is 1.23. The standard InChI is InChI=1S/C16H24O2/c1-13(2)8-7-11-16(18-14(3)17)12-15-9-5-4-6-10-15/h4-6,9-10,13,16H,7-8,11-12H2,1-3H3. The average Bonchev–Trinajstić information content (AvgIpc) is 2.28. The zero-order valence-corrected chi connectivity index (χ0v) is 11.7. The van der Waals surface area contributed by atoms with Crippen molar-refractivity contribution in [2.45, 2.75) is 52.6 Å². The third-order valence-electron chi connectivity index (χ3n) is 2.95. The molecule has 1 rings (SSSR count). The number of esters is 1. The third kappa shape index (κ3) is 6.43. The van der Waals surface area contributed by atoms with E-state index in [1.807, 2.05) is 18.2 Å². The predicted octanol–water partition coefficient (Wildman–Crippen LogP) is 3.99. The van der Waals surface area contributed by atoms with Crippen molar-refractivity contribution in [3.05, 3.63) is 35.9 Å². The third-order valence-corrected chi connectivity index (χ3v) is 2.95. The first kappa shape index (κ1) is 14.7. The molecule has 100 valence electrons. The summed E-state index contributed by atoms with van der Waals surface area (Å²) < 4.78 is 5.40. The van der Waals surface area contributed by atoms with Gasteiger partial charge in [0.15, 0.2) is 0 Å². The van der Waals surface area contributed by atoms with Gasteiger partial charge in [-0.1, -0.05) is 50.6 Å². The van der Waals surface area contributed by atoms with Crippen molar-refractivity contribution in [2.75, 3.05) is 0 Å². The molecule has 0 radical (unpaired) electrons. The number of carbonyl (C=O) groups is 1. The van der Waals surface area contributed by atoms with Crippen LogP contribution in [0.25, 0.3) is 0 Å². The second-order valence-corrected chi connectivity index (χ2v) is 5.25. The minimum Gasteiger partial charge on any atom is -0.462 e. The average molecular weight is 248 g/mol. The number of hydrogen-bond donors (Lipinski definition) is 0. The fraction of sp³-hybridized carbons (Fsp3) is 0.562. The minimum atomic E-state index is -0.180. The smallest absolute Gasteiger partial charge is 0.302 e. The van der Waals surface area contributed by atoms with Crippen molar-refractivity contribution >= 4 is 5.97 Å². The Labute approximate surface area is 110 Å². The summed E-state index contributed by atoms with van der Waals surface area (Å²) in [5.74, 6) is 0.528. The highest BCUT2D eigenvalue weighted by Crippen LogP contribution is 2.15. The Bertz CT molecular complexity index is 343. The minimum absolute atomic E-state index is 0.0173. The topological polar surface area (TPSA) is 26.3 Å². The van der Waals surface area contributed by atoms with E-state index >= 15 is 0 Å². The largest absolute Gasteiger partial charge is 0.462 e. The van der Waals surface area contributed by atoms with Gasteiger partial charge in [-0.25, -0.2) is 0 Å². The first-order chi connectivity index (χ1) is 8.58. The van der Waals surface area contributed by atoms with E-state index in [4.69, 9.17) is 4.74 Å². The molecule has 18 heavy (non-hydrogen) atoms. The normalized spacial score (nSPS) is 12.4. The maximum absolute atomic E-state index is 11.1. The molecule has 0 saturated carbocycles. The molecular formula is C16H24O2. The Morgan fingerprint density at radius 2 is 1.83 bits per heavy atom. The predicted molar refractivity (Wildman–Crippen MR) is 74.4 cm³/mol. The fourth-order valence-electron chi connectivity index (χ4n) is 2.07. The van der Waals surface area contributed by atoms with Crippen LogP contribution in [0.2, 0.25) is 0 Å². The summed E-state index contributed by atoms with van der Waals surface area (Å²) in [4.78, 5) is 11.1. The maximum Gasteiger partial charge on any atom is 0.302 e. The summed E-state index contributed by atoms with van der Waals surface area (Å²) in [6, 6.07) is 10.2. The first-order valence-corrected chi connectivity index (χ1v) is 6.79. The van der Waals surface area contributed by atoms with Crippen LogP contribution in [0, 0.1) is 5.92 Å². The highest BCUT2D eigenvalue weighted by atomic mass is 16.5. The van der Waals surface area contributed by atoms with Gasteiger partial charge in [-0.15, -0.1) is 0 Å². The molecule has 1 aromatic rings. The lowest BCUT2D eigenvalue weighted by Crippen LogP contribution is -2.19. The molecule has 0 N–H and O–H groups in total. The van der Waals surface area contributed by atoms with E-state index in [2.05, 4.69) is 26.0 Å². The molecule has 1 unspecified atom stereocenters. The van der Waals surface area contributed by atoms with Gasteiger partial charge in [-0.3, -0.25) is 4.79 Å². The number of ether oxygens (including phenoxy) is 1. The van der Waals surface area contributed by atoms with Crippen LogP contribution in [0.4, 0.5) is 0 Å². The Balaban J connectivity index is 2.47. The molecule has 2 nitrogen and oxygen atoms in total. The zero-order valence-electron chi connectivity index (χ0n) is 11.7. The van der Waals surface area contributed by atoms with Crippen LogP contribution in [0.15, 0.2) is 30.3 Å². The van der Waals surface area contributed by atoms with E-state index in [-0.39, 0.29) is 12.1 Å². The second-order valence-electron chi connectivity index (χ2n) is 5.25. The lowest BCUT2D eigenvalue weighted by molar-refractivity contribution is -0.146. The van der Waals surface area contributed by atoms with E-state index in [1.54, 1.807) is 0 Å². The maximum atomic E-state index is 11.1. The molecule has 1 atom stereocenters. The van der Waals surface area contributed by atoms with Crippen LogP contribution in [-0.4, -0.2) is 12.1 Å². The van der Waals surface area contributed by atoms with Crippen molar-refractivity contribution in [3.8, 4) is 0 Å². The lowest BCUT2D eigenvalue weighted by atomic mass is 10.00. The highest BCUT2D eigenvalue weighted by molar-refractivity contribution is 5.66. The molecule has 0 heterocycles. The Hall–Kier alpha value is -1.31. The van der Waals surface area contributed by atoms with Crippen molar-refractivity contribution in [1.29, 1.82) is 0 Å². The summed E-state index contributed by atoms with van der Waals surface area (Å²) in [5, 5.41) is 0. The Morgan fingerprint density at radius 3 is 2.39 bits per heavy atom. The van der Waals surface area contributed by atoms with Gasteiger partial charge in [-0.05, 0) is 24.3 Å². The van der Waals surface area contributed by atoms with E-state index in [0.717, 1.165) is 19.3 Å². The molecule has 0 saturated heterocycles. The zero-order chi connectivity index (χ0) is 13.4. The molecule has 0 aromatic heterocycles. The summed E-state index contributed by atoms with van der Waals surface area (Å²) >= 11 is 0. The molecule has 0 aliphatic rings. The molecular weight excluding hydrogens is 224 g/mol. The van der Waals surface area contributed by atoms with Crippen LogP contribution < -0.4 is 0 Å². The molecule has 0 aliphatic carbocycles. The molecule has 0 fully saturated rings. The molecule has 0 spiro atoms. The number of carbonyl (C=O) groups excluding carboxylic acids is 1. The van der Waals surface area contributed by atoms with Gasteiger partial charge in [0, 0.05) is 13.3 Å². The molecule has 2 heteroatoms. The van der Waals surface area contributed by atoms with Crippen molar-refractivity contribution in [1.82, 2.24) is 0 Å². The van der Waals surface area contributed by atoms with Crippen LogP contribution in [0.1, 0.15) is 45.6 Å². The first-order valence-electron chi connectivity index (χ1n) is 6.79. The van der Waals surface area contributed by atoms with E-state index < -0.39 is 0 Å². The summed E-state index contributed by atoms with van der Waals surface area (Å²) in [6.07, 6.45) is 4.09. The Kier molecular flexibility index (Phi) is 6.48. The summed E-state index contributed by atoms with van der Waals surface area (Å²) in [7, 11) is 0. The van der Waals surface area contributed by atoms with E-state index in [9.17, 15) is 4.79 Å². The van der Waals surface area contributed by atoms with E-state index in [0.29, 0.717) is 5.92 Å². The lowest BCUT2D eigenvalue weighted by Gasteiger charge is -2.17. The quantitative estimate of drug-likeness (QED) is 0.682. The highest BCUT2D eigenvalue weighted by Gasteiger charge is 2.12. The van der Waals surface area contributed by atoms with Crippen molar-refractivity contribution in [3.63, 3.8) is 0 Å². The summed E-state index contributed by atoms with van der Waals surface area (Å²) in [6.45, 7) is 5.93. The van der Waals surface area contributed by atoms with Crippen molar-refractivity contribution < 1.29 is 9.53 Å². The van der Waals surface area contributed by atoms with Gasteiger partial charge < -0.3 is 4.74 Å². The molecule has 0 aliphatic heterocycles. The van der Waals surface area contributed by atoms with Crippen LogP contribution >= 0.6 is 0 Å². The van der Waals surface area contributed by atoms with Gasteiger partial charge in [0.2, 0.25) is 0 Å². The molecule has 1 aromatic carbocycles. The van der Waals surface area contributed by atoms with Crippen LogP contribution in [-0.2, 0) is 16.0 Å². The Morgan fingerprint density at radius 1 is 1.17 bits per heavy atom. The van der Waals surface area contributed by atoms with Gasteiger partial charge >= 0.3 is 5.97 Å². The molecule has 0 bridgehead atoms. The SMILES string of the molecule is CC(=O)OC(CCCC(C)C)Cc1ccccc1. The van der Waals surface area contributed by atoms with Gasteiger partial charge in [-0.2, -0.15) is 0 Å². The van der Waals surface area contributed by atoms with Gasteiger partial charge in [0.25, 0.3) is 0 Å². The van der Waals surface area contributed by atoms with Gasteiger partial charge in [0.05, 0.1) is 0 Å². The van der Waals surface area contributed by atoms with Crippen LogP contribution in [0.5, 0.6) is 0 Å².